The number of hydrogen-bond acceptors (Lipinski definition) is 5. The van der Waals surface area contributed by atoms with Crippen molar-refractivity contribution < 1.29 is 13.3 Å². The van der Waals surface area contributed by atoms with Crippen LogP contribution < -0.4 is 0 Å². The van der Waals surface area contributed by atoms with E-state index in [1.165, 1.54) is 4.68 Å². The van der Waals surface area contributed by atoms with E-state index in [4.69, 9.17) is 10.7 Å². The highest BCUT2D eigenvalue weighted by Crippen LogP contribution is 2.26. The standard InChI is InChI=1S/C11H18ClN3O4S/c1-3-5-6-9(4-2)7-14-8-10(20(12,18)19)11(13-14)15(16)17/h8-9H,3-7H2,1-2H3. The van der Waals surface area contributed by atoms with Crippen LogP contribution in [0, 0.1) is 16.0 Å². The summed E-state index contributed by atoms with van der Waals surface area (Å²) >= 11 is 0. The molecule has 0 fully saturated rings. The number of nitro groups is 1. The van der Waals surface area contributed by atoms with Crippen LogP contribution in [0.1, 0.15) is 39.5 Å². The first-order valence-corrected chi connectivity index (χ1v) is 8.77. The van der Waals surface area contributed by atoms with Gasteiger partial charge in [-0.05, 0) is 17.3 Å². The molecule has 0 saturated heterocycles. The van der Waals surface area contributed by atoms with Gasteiger partial charge in [-0.3, -0.25) is 0 Å². The molecule has 7 nitrogen and oxygen atoms in total. The Morgan fingerprint density at radius 2 is 2.15 bits per heavy atom. The molecule has 20 heavy (non-hydrogen) atoms. The largest absolute Gasteiger partial charge is 0.410 e. The molecule has 1 aromatic heterocycles. The summed E-state index contributed by atoms with van der Waals surface area (Å²) in [5.74, 6) is -0.411. The summed E-state index contributed by atoms with van der Waals surface area (Å²) in [6, 6.07) is 0. The molecule has 1 aromatic rings. The van der Waals surface area contributed by atoms with Crippen molar-refractivity contribution >= 4 is 25.6 Å². The minimum Gasteiger partial charge on any atom is -0.358 e. The highest BCUT2D eigenvalue weighted by molar-refractivity contribution is 8.13. The molecule has 9 heteroatoms. The smallest absolute Gasteiger partial charge is 0.358 e. The predicted octanol–water partition coefficient (Wildman–Crippen LogP) is 2.94. The maximum atomic E-state index is 11.3. The second kappa shape index (κ2) is 7.03. The van der Waals surface area contributed by atoms with Crippen molar-refractivity contribution in [1.29, 1.82) is 0 Å². The number of hydrogen-bond donors (Lipinski definition) is 0. The quantitative estimate of drug-likeness (QED) is 0.416. The lowest BCUT2D eigenvalue weighted by molar-refractivity contribution is -0.392. The Morgan fingerprint density at radius 3 is 2.55 bits per heavy atom. The SMILES string of the molecule is CCCCC(CC)Cn1cc(S(=O)(=O)Cl)c([N+](=O)[O-])n1. The van der Waals surface area contributed by atoms with Crippen molar-refractivity contribution in [3.8, 4) is 0 Å². The number of halogens is 1. The third-order valence-electron chi connectivity index (χ3n) is 3.13. The minimum absolute atomic E-state index is 0.306. The Hall–Kier alpha value is -1.15. The van der Waals surface area contributed by atoms with Crippen LogP contribution in [0.2, 0.25) is 0 Å². The third kappa shape index (κ3) is 4.45. The molecule has 0 aliphatic carbocycles. The molecular formula is C11H18ClN3O4S. The van der Waals surface area contributed by atoms with Gasteiger partial charge < -0.3 is 10.1 Å². The third-order valence-corrected chi connectivity index (χ3v) is 4.45. The zero-order valence-electron chi connectivity index (χ0n) is 11.5. The lowest BCUT2D eigenvalue weighted by Gasteiger charge is -2.11. The molecule has 0 spiro atoms. The van der Waals surface area contributed by atoms with Crippen LogP contribution in [0.15, 0.2) is 11.1 Å². The van der Waals surface area contributed by atoms with Crippen LogP contribution in [0.3, 0.4) is 0 Å². The molecule has 0 amide bonds. The van der Waals surface area contributed by atoms with E-state index < -0.39 is 24.7 Å². The van der Waals surface area contributed by atoms with Gasteiger partial charge in [0.1, 0.15) is 0 Å². The molecular weight excluding hydrogens is 306 g/mol. The molecule has 114 valence electrons. The predicted molar refractivity (Wildman–Crippen MR) is 75.2 cm³/mol. The van der Waals surface area contributed by atoms with Gasteiger partial charge >= 0.3 is 5.82 Å². The molecule has 1 rings (SSSR count). The molecule has 0 N–H and O–H groups in total. The Bertz CT molecular complexity index is 570. The maximum absolute atomic E-state index is 11.3. The van der Waals surface area contributed by atoms with E-state index in [-0.39, 0.29) is 0 Å². The van der Waals surface area contributed by atoms with Crippen molar-refractivity contribution in [2.75, 3.05) is 0 Å². The summed E-state index contributed by atoms with van der Waals surface area (Å²) in [5.41, 5.74) is 0. The van der Waals surface area contributed by atoms with Gasteiger partial charge in [0.05, 0.1) is 17.8 Å². The van der Waals surface area contributed by atoms with Gasteiger partial charge in [-0.25, -0.2) is 8.42 Å². The van der Waals surface area contributed by atoms with E-state index >= 15 is 0 Å². The first-order chi connectivity index (χ1) is 9.29. The lowest BCUT2D eigenvalue weighted by Crippen LogP contribution is -2.10. The number of nitrogens with zero attached hydrogens (tertiary/aromatic N) is 3. The number of unbranched alkanes of at least 4 members (excludes halogenated alkanes) is 1. The van der Waals surface area contributed by atoms with Crippen molar-refractivity contribution in [3.05, 3.63) is 16.3 Å². The summed E-state index contributed by atoms with van der Waals surface area (Å²) in [6.45, 7) is 4.56. The maximum Gasteiger partial charge on any atom is 0.410 e. The minimum atomic E-state index is -4.17. The van der Waals surface area contributed by atoms with Gasteiger partial charge in [0, 0.05) is 10.7 Å². The first kappa shape index (κ1) is 16.9. The average Bonchev–Trinajstić information content (AvgIpc) is 2.78. The van der Waals surface area contributed by atoms with E-state index in [1.54, 1.807) is 0 Å². The van der Waals surface area contributed by atoms with E-state index in [2.05, 4.69) is 12.0 Å². The topological polar surface area (TPSA) is 95.1 Å². The molecule has 0 radical (unpaired) electrons. The molecule has 0 saturated carbocycles. The van der Waals surface area contributed by atoms with Crippen LogP contribution in [0.4, 0.5) is 5.82 Å². The first-order valence-electron chi connectivity index (χ1n) is 6.46. The molecule has 1 unspecified atom stereocenters. The van der Waals surface area contributed by atoms with E-state index in [9.17, 15) is 18.5 Å². The van der Waals surface area contributed by atoms with Gasteiger partial charge in [0.2, 0.25) is 4.90 Å². The zero-order chi connectivity index (χ0) is 15.3. The van der Waals surface area contributed by atoms with Gasteiger partial charge in [-0.1, -0.05) is 33.1 Å². The van der Waals surface area contributed by atoms with Crippen molar-refractivity contribution in [2.45, 2.75) is 51.0 Å². The van der Waals surface area contributed by atoms with Crippen LogP contribution in [-0.2, 0) is 15.6 Å². The van der Waals surface area contributed by atoms with Gasteiger partial charge in [-0.2, -0.15) is 4.68 Å². The molecule has 1 heterocycles. The highest BCUT2D eigenvalue weighted by atomic mass is 35.7. The molecule has 0 aliphatic heterocycles. The summed E-state index contributed by atoms with van der Waals surface area (Å²) in [4.78, 5) is 9.43. The Labute approximate surface area is 122 Å². The Kier molecular flexibility index (Phi) is 5.94. The summed E-state index contributed by atoms with van der Waals surface area (Å²) in [7, 11) is 1.02. The highest BCUT2D eigenvalue weighted by Gasteiger charge is 2.30. The monoisotopic (exact) mass is 323 g/mol. The van der Waals surface area contributed by atoms with Crippen molar-refractivity contribution in [2.24, 2.45) is 5.92 Å². The zero-order valence-corrected chi connectivity index (χ0v) is 13.0. The van der Waals surface area contributed by atoms with E-state index in [0.29, 0.717) is 12.5 Å². The van der Waals surface area contributed by atoms with Crippen LogP contribution in [0.25, 0.3) is 0 Å². The second-order valence-electron chi connectivity index (χ2n) is 4.65. The van der Waals surface area contributed by atoms with Crippen LogP contribution in [-0.4, -0.2) is 23.1 Å². The van der Waals surface area contributed by atoms with Crippen LogP contribution >= 0.6 is 10.7 Å². The fourth-order valence-electron chi connectivity index (χ4n) is 1.97. The molecule has 0 aliphatic rings. The van der Waals surface area contributed by atoms with E-state index in [1.807, 2.05) is 6.92 Å². The number of aromatic nitrogens is 2. The molecule has 0 aromatic carbocycles. The Morgan fingerprint density at radius 1 is 1.50 bits per heavy atom. The Balaban J connectivity index is 3.00. The molecule has 1 atom stereocenters. The number of rotatable bonds is 8. The van der Waals surface area contributed by atoms with Gasteiger partial charge in [-0.15, -0.1) is 0 Å². The van der Waals surface area contributed by atoms with E-state index in [0.717, 1.165) is 31.9 Å². The van der Waals surface area contributed by atoms with Crippen LogP contribution in [0.5, 0.6) is 0 Å². The summed E-state index contributed by atoms with van der Waals surface area (Å²) < 4.78 is 23.9. The lowest BCUT2D eigenvalue weighted by atomic mass is 10.00. The van der Waals surface area contributed by atoms with Gasteiger partial charge in [0.25, 0.3) is 9.05 Å². The summed E-state index contributed by atoms with van der Waals surface area (Å²) in [6.07, 6.45) is 5.13. The fraction of sp³-hybridized carbons (Fsp3) is 0.727. The second-order valence-corrected chi connectivity index (χ2v) is 7.18. The van der Waals surface area contributed by atoms with Crippen molar-refractivity contribution in [3.63, 3.8) is 0 Å². The fourth-order valence-corrected chi connectivity index (χ4v) is 2.87. The van der Waals surface area contributed by atoms with Crippen molar-refractivity contribution in [1.82, 2.24) is 9.78 Å². The average molecular weight is 324 g/mol. The van der Waals surface area contributed by atoms with Gasteiger partial charge in [0.15, 0.2) is 0 Å². The molecule has 0 bridgehead atoms. The normalized spacial score (nSPS) is 13.3. The summed E-state index contributed by atoms with van der Waals surface area (Å²) in [5, 5.41) is 14.5.